The highest BCUT2D eigenvalue weighted by Gasteiger charge is 2.27. The van der Waals surface area contributed by atoms with Gasteiger partial charge in [-0.25, -0.2) is 0 Å². The third-order valence-electron chi connectivity index (χ3n) is 2.70. The van der Waals surface area contributed by atoms with Crippen molar-refractivity contribution in [2.75, 3.05) is 13.2 Å². The first-order valence-electron chi connectivity index (χ1n) is 6.54. The molecule has 0 bridgehead atoms. The average molecular weight is 350 g/mol. The SMILES string of the molecule is CCOc1cc(Cl)c(C(Br)C(C)(C)C)cc1OCC. The molecule has 2 nitrogen and oxygen atoms in total. The zero-order valence-corrected chi connectivity index (χ0v) is 14.6. The van der Waals surface area contributed by atoms with Crippen molar-refractivity contribution in [1.29, 1.82) is 0 Å². The Morgan fingerprint density at radius 2 is 1.58 bits per heavy atom. The molecule has 0 amide bonds. The van der Waals surface area contributed by atoms with Crippen molar-refractivity contribution in [3.05, 3.63) is 22.7 Å². The van der Waals surface area contributed by atoms with Crippen LogP contribution in [-0.2, 0) is 0 Å². The molecule has 1 rings (SSSR count). The van der Waals surface area contributed by atoms with E-state index in [-0.39, 0.29) is 10.2 Å². The lowest BCUT2D eigenvalue weighted by Gasteiger charge is -2.27. The van der Waals surface area contributed by atoms with Crippen LogP contribution in [0.2, 0.25) is 5.02 Å². The fraction of sp³-hybridized carbons (Fsp3) is 0.600. The van der Waals surface area contributed by atoms with Gasteiger partial charge < -0.3 is 9.47 Å². The van der Waals surface area contributed by atoms with E-state index >= 15 is 0 Å². The van der Waals surface area contributed by atoms with Crippen molar-refractivity contribution >= 4 is 27.5 Å². The lowest BCUT2D eigenvalue weighted by atomic mass is 9.88. The van der Waals surface area contributed by atoms with Gasteiger partial charge in [0.25, 0.3) is 0 Å². The number of ether oxygens (including phenoxy) is 2. The van der Waals surface area contributed by atoms with E-state index in [4.69, 9.17) is 21.1 Å². The largest absolute Gasteiger partial charge is 0.490 e. The van der Waals surface area contributed by atoms with Gasteiger partial charge in [-0.1, -0.05) is 48.3 Å². The highest BCUT2D eigenvalue weighted by molar-refractivity contribution is 9.09. The summed E-state index contributed by atoms with van der Waals surface area (Å²) in [5, 5.41) is 0.698. The Kier molecular flexibility index (Phi) is 6.00. The van der Waals surface area contributed by atoms with Crippen LogP contribution in [0.4, 0.5) is 0 Å². The maximum Gasteiger partial charge on any atom is 0.162 e. The van der Waals surface area contributed by atoms with Crippen LogP contribution in [0.1, 0.15) is 45.0 Å². The van der Waals surface area contributed by atoms with E-state index in [1.54, 1.807) is 0 Å². The number of hydrogen-bond donors (Lipinski definition) is 0. The Morgan fingerprint density at radius 3 is 2.00 bits per heavy atom. The first-order chi connectivity index (χ1) is 8.81. The number of halogens is 2. The molecule has 108 valence electrons. The maximum atomic E-state index is 6.37. The summed E-state index contributed by atoms with van der Waals surface area (Å²) in [7, 11) is 0. The fourth-order valence-corrected chi connectivity index (χ4v) is 2.52. The Morgan fingerprint density at radius 1 is 1.11 bits per heavy atom. The van der Waals surface area contributed by atoms with Gasteiger partial charge in [0.05, 0.1) is 13.2 Å². The molecule has 0 N–H and O–H groups in total. The van der Waals surface area contributed by atoms with Gasteiger partial charge >= 0.3 is 0 Å². The molecule has 1 unspecified atom stereocenters. The van der Waals surface area contributed by atoms with Crippen LogP contribution in [0, 0.1) is 5.41 Å². The summed E-state index contributed by atoms with van der Waals surface area (Å²) < 4.78 is 11.2. The van der Waals surface area contributed by atoms with Crippen molar-refractivity contribution in [3.8, 4) is 11.5 Å². The molecule has 0 fully saturated rings. The predicted octanol–water partition coefficient (Wildman–Crippen LogP) is 5.62. The second-order valence-corrected chi connectivity index (χ2v) is 6.74. The lowest BCUT2D eigenvalue weighted by molar-refractivity contribution is 0.287. The highest BCUT2D eigenvalue weighted by atomic mass is 79.9. The molecule has 0 heterocycles. The van der Waals surface area contributed by atoms with Gasteiger partial charge in [0.1, 0.15) is 0 Å². The molecule has 19 heavy (non-hydrogen) atoms. The molecular formula is C15H22BrClO2. The minimum absolute atomic E-state index is 0.0697. The molecule has 0 aromatic heterocycles. The molecule has 0 aliphatic heterocycles. The van der Waals surface area contributed by atoms with E-state index < -0.39 is 0 Å². The van der Waals surface area contributed by atoms with Gasteiger partial charge in [0.2, 0.25) is 0 Å². The van der Waals surface area contributed by atoms with Crippen molar-refractivity contribution in [2.45, 2.75) is 39.4 Å². The second-order valence-electron chi connectivity index (χ2n) is 5.42. The standard InChI is InChI=1S/C15H22BrClO2/c1-6-18-12-8-10(14(16)15(3,4)5)11(17)9-13(12)19-7-2/h8-9,14H,6-7H2,1-5H3. The molecule has 0 radical (unpaired) electrons. The summed E-state index contributed by atoms with van der Waals surface area (Å²) >= 11 is 10.1. The maximum absolute atomic E-state index is 6.37. The monoisotopic (exact) mass is 348 g/mol. The van der Waals surface area contributed by atoms with Gasteiger partial charge in [0.15, 0.2) is 11.5 Å². The lowest BCUT2D eigenvalue weighted by Crippen LogP contribution is -2.13. The molecule has 0 aliphatic carbocycles. The minimum Gasteiger partial charge on any atom is -0.490 e. The van der Waals surface area contributed by atoms with Crippen LogP contribution in [0.5, 0.6) is 11.5 Å². The van der Waals surface area contributed by atoms with Crippen LogP contribution in [-0.4, -0.2) is 13.2 Å². The van der Waals surface area contributed by atoms with Crippen LogP contribution in [0.15, 0.2) is 12.1 Å². The number of rotatable bonds is 5. The highest BCUT2D eigenvalue weighted by Crippen LogP contribution is 2.46. The second kappa shape index (κ2) is 6.85. The van der Waals surface area contributed by atoms with Crippen LogP contribution < -0.4 is 9.47 Å². The van der Waals surface area contributed by atoms with Gasteiger partial charge in [-0.05, 0) is 30.9 Å². The molecule has 1 aromatic carbocycles. The molecule has 4 heteroatoms. The van der Waals surface area contributed by atoms with E-state index in [1.165, 1.54) is 0 Å². The molecular weight excluding hydrogens is 328 g/mol. The van der Waals surface area contributed by atoms with Crippen LogP contribution in [0.3, 0.4) is 0 Å². The first-order valence-corrected chi connectivity index (χ1v) is 7.83. The van der Waals surface area contributed by atoms with Gasteiger partial charge in [-0.2, -0.15) is 0 Å². The molecule has 0 saturated heterocycles. The predicted molar refractivity (Wildman–Crippen MR) is 84.9 cm³/mol. The Bertz CT molecular complexity index is 427. The zero-order chi connectivity index (χ0) is 14.6. The summed E-state index contributed by atoms with van der Waals surface area (Å²) in [6, 6.07) is 3.81. The van der Waals surface area contributed by atoms with E-state index in [0.29, 0.717) is 24.0 Å². The Hall–Kier alpha value is -0.410. The van der Waals surface area contributed by atoms with Crippen LogP contribution in [0.25, 0.3) is 0 Å². The topological polar surface area (TPSA) is 18.5 Å². The van der Waals surface area contributed by atoms with Crippen molar-refractivity contribution < 1.29 is 9.47 Å². The first kappa shape index (κ1) is 16.6. The molecule has 0 aliphatic rings. The van der Waals surface area contributed by atoms with Crippen molar-refractivity contribution in [1.82, 2.24) is 0 Å². The number of alkyl halides is 1. The third kappa shape index (κ3) is 4.28. The third-order valence-corrected chi connectivity index (χ3v) is 4.89. The fourth-order valence-electron chi connectivity index (χ4n) is 1.75. The van der Waals surface area contributed by atoms with Gasteiger partial charge in [-0.15, -0.1) is 0 Å². The average Bonchev–Trinajstić information content (AvgIpc) is 2.31. The summed E-state index contributed by atoms with van der Waals surface area (Å²) in [4.78, 5) is 0.155. The van der Waals surface area contributed by atoms with Crippen molar-refractivity contribution in [3.63, 3.8) is 0 Å². The Labute approximate surface area is 129 Å². The Balaban J connectivity index is 3.23. The van der Waals surface area contributed by atoms with E-state index in [9.17, 15) is 0 Å². The van der Waals surface area contributed by atoms with E-state index in [2.05, 4.69) is 36.7 Å². The normalized spacial score (nSPS) is 13.2. The summed E-state index contributed by atoms with van der Waals surface area (Å²) in [5.41, 5.74) is 1.10. The molecule has 0 spiro atoms. The molecule has 1 aromatic rings. The molecule has 0 saturated carbocycles. The van der Waals surface area contributed by atoms with Gasteiger partial charge in [0, 0.05) is 15.9 Å². The summed E-state index contributed by atoms with van der Waals surface area (Å²) in [6.07, 6.45) is 0. The number of hydrogen-bond acceptors (Lipinski definition) is 2. The van der Waals surface area contributed by atoms with Crippen molar-refractivity contribution in [2.24, 2.45) is 5.41 Å². The van der Waals surface area contributed by atoms with E-state index in [1.807, 2.05) is 26.0 Å². The smallest absolute Gasteiger partial charge is 0.162 e. The zero-order valence-electron chi connectivity index (χ0n) is 12.2. The van der Waals surface area contributed by atoms with Crippen LogP contribution >= 0.6 is 27.5 Å². The quantitative estimate of drug-likeness (QED) is 0.642. The number of benzene rings is 1. The summed E-state index contributed by atoms with van der Waals surface area (Å²) in [5.74, 6) is 1.45. The van der Waals surface area contributed by atoms with E-state index in [0.717, 1.165) is 11.3 Å². The van der Waals surface area contributed by atoms with Gasteiger partial charge in [-0.3, -0.25) is 0 Å². The molecule has 1 atom stereocenters. The minimum atomic E-state index is 0.0697. The summed E-state index contributed by atoms with van der Waals surface area (Å²) in [6.45, 7) is 11.6.